The summed E-state index contributed by atoms with van der Waals surface area (Å²) < 4.78 is 5.05. The van der Waals surface area contributed by atoms with Gasteiger partial charge in [-0.05, 0) is 26.8 Å². The van der Waals surface area contributed by atoms with Crippen molar-refractivity contribution in [1.29, 1.82) is 0 Å². The normalized spacial score (nSPS) is 13.4. The van der Waals surface area contributed by atoms with Crippen molar-refractivity contribution in [2.45, 2.75) is 32.4 Å². The molecule has 0 radical (unpaired) electrons. The molecule has 1 aromatic rings. The molecule has 3 N–H and O–H groups in total. The van der Waals surface area contributed by atoms with Crippen LogP contribution in [0.15, 0.2) is 18.3 Å². The van der Waals surface area contributed by atoms with Gasteiger partial charge in [-0.25, -0.2) is 4.98 Å². The van der Waals surface area contributed by atoms with Gasteiger partial charge in [0.1, 0.15) is 0 Å². The van der Waals surface area contributed by atoms with Crippen LogP contribution in [0.2, 0.25) is 0 Å². The van der Waals surface area contributed by atoms with Crippen LogP contribution in [-0.2, 0) is 0 Å². The predicted octanol–water partition coefficient (Wildman–Crippen LogP) is 1.63. The van der Waals surface area contributed by atoms with E-state index in [0.717, 1.165) is 5.69 Å². The van der Waals surface area contributed by atoms with Gasteiger partial charge >= 0.3 is 0 Å². The number of hydrogen-bond donors (Lipinski definition) is 2. The maximum absolute atomic E-state index is 5.88. The topological polar surface area (TPSA) is 60.2 Å². The second-order valence-corrected chi connectivity index (χ2v) is 4.22. The summed E-state index contributed by atoms with van der Waals surface area (Å²) in [6.07, 6.45) is 1.71. The molecule has 1 aromatic heterocycles. The van der Waals surface area contributed by atoms with Crippen molar-refractivity contribution in [3.8, 4) is 5.88 Å². The van der Waals surface area contributed by atoms with E-state index < -0.39 is 0 Å². The van der Waals surface area contributed by atoms with Crippen LogP contribution in [-0.4, -0.2) is 23.7 Å². The highest BCUT2D eigenvalue weighted by Crippen LogP contribution is 2.19. The number of ether oxygens (including phenoxy) is 1. The molecule has 0 spiro atoms. The zero-order valence-corrected chi connectivity index (χ0v) is 9.74. The van der Waals surface area contributed by atoms with Gasteiger partial charge in [0.05, 0.1) is 7.11 Å². The van der Waals surface area contributed by atoms with Gasteiger partial charge in [-0.1, -0.05) is 0 Å². The molecule has 0 amide bonds. The number of nitrogens with zero attached hydrogens (tertiary/aromatic N) is 1. The maximum Gasteiger partial charge on any atom is 0.214 e. The van der Waals surface area contributed by atoms with E-state index in [9.17, 15) is 0 Å². The standard InChI is InChI=1S/C11H19N3O/c1-8(12)11(2,3)14-9-5-6-13-10(7-9)15-4/h5-8H,12H2,1-4H3,(H,13,14). The predicted molar refractivity (Wildman–Crippen MR) is 62.1 cm³/mol. The van der Waals surface area contributed by atoms with Crippen LogP contribution in [0.5, 0.6) is 5.88 Å². The second-order valence-electron chi connectivity index (χ2n) is 4.22. The first-order chi connectivity index (χ1) is 6.95. The quantitative estimate of drug-likeness (QED) is 0.791. The Morgan fingerprint density at radius 1 is 1.53 bits per heavy atom. The molecule has 0 bridgehead atoms. The lowest BCUT2D eigenvalue weighted by Crippen LogP contribution is -2.47. The van der Waals surface area contributed by atoms with Gasteiger partial charge in [0.2, 0.25) is 5.88 Å². The average molecular weight is 209 g/mol. The molecule has 4 nitrogen and oxygen atoms in total. The van der Waals surface area contributed by atoms with Crippen LogP contribution in [0.4, 0.5) is 5.69 Å². The van der Waals surface area contributed by atoms with Crippen LogP contribution >= 0.6 is 0 Å². The average Bonchev–Trinajstić information content (AvgIpc) is 2.17. The minimum atomic E-state index is -0.160. The van der Waals surface area contributed by atoms with Gasteiger partial charge in [-0.15, -0.1) is 0 Å². The highest BCUT2D eigenvalue weighted by Gasteiger charge is 2.22. The van der Waals surface area contributed by atoms with Gasteiger partial charge in [0.15, 0.2) is 0 Å². The van der Waals surface area contributed by atoms with Crippen molar-refractivity contribution in [3.63, 3.8) is 0 Å². The summed E-state index contributed by atoms with van der Waals surface area (Å²) in [6.45, 7) is 6.10. The van der Waals surface area contributed by atoms with Crippen LogP contribution in [0, 0.1) is 0 Å². The number of anilines is 1. The van der Waals surface area contributed by atoms with Crippen LogP contribution in [0.3, 0.4) is 0 Å². The van der Waals surface area contributed by atoms with Gasteiger partial charge in [-0.2, -0.15) is 0 Å². The summed E-state index contributed by atoms with van der Waals surface area (Å²) in [4.78, 5) is 4.04. The molecular weight excluding hydrogens is 190 g/mol. The molecule has 1 unspecified atom stereocenters. The van der Waals surface area contributed by atoms with Crippen LogP contribution < -0.4 is 15.8 Å². The summed E-state index contributed by atoms with van der Waals surface area (Å²) in [5.41, 5.74) is 6.68. The summed E-state index contributed by atoms with van der Waals surface area (Å²) in [7, 11) is 1.60. The molecule has 0 saturated heterocycles. The molecule has 0 aliphatic heterocycles. The Labute approximate surface area is 90.8 Å². The van der Waals surface area contributed by atoms with Crippen LogP contribution in [0.1, 0.15) is 20.8 Å². The number of nitrogens with one attached hydrogen (secondary N) is 1. The molecule has 0 fully saturated rings. The Hall–Kier alpha value is -1.29. The molecule has 0 aliphatic carbocycles. The zero-order chi connectivity index (χ0) is 11.5. The Balaban J connectivity index is 2.80. The van der Waals surface area contributed by atoms with E-state index in [2.05, 4.69) is 24.1 Å². The van der Waals surface area contributed by atoms with Crippen molar-refractivity contribution < 1.29 is 4.74 Å². The van der Waals surface area contributed by atoms with Crippen molar-refractivity contribution in [1.82, 2.24) is 4.98 Å². The number of methoxy groups -OCH3 is 1. The summed E-state index contributed by atoms with van der Waals surface area (Å²) in [6, 6.07) is 3.80. The van der Waals surface area contributed by atoms with Gasteiger partial charge in [0.25, 0.3) is 0 Å². The molecule has 1 atom stereocenters. The molecule has 0 aliphatic rings. The molecule has 4 heteroatoms. The summed E-state index contributed by atoms with van der Waals surface area (Å²) in [5.74, 6) is 0.598. The smallest absolute Gasteiger partial charge is 0.214 e. The van der Waals surface area contributed by atoms with E-state index in [1.165, 1.54) is 0 Å². The maximum atomic E-state index is 5.88. The van der Waals surface area contributed by atoms with Gasteiger partial charge in [-0.3, -0.25) is 0 Å². The summed E-state index contributed by atoms with van der Waals surface area (Å²) in [5, 5.41) is 3.35. The fourth-order valence-corrected chi connectivity index (χ4v) is 1.08. The van der Waals surface area contributed by atoms with E-state index in [-0.39, 0.29) is 11.6 Å². The first kappa shape index (κ1) is 11.8. The lowest BCUT2D eigenvalue weighted by Gasteiger charge is -2.31. The third kappa shape index (κ3) is 3.09. The van der Waals surface area contributed by atoms with Crippen molar-refractivity contribution in [2.24, 2.45) is 5.73 Å². The first-order valence-electron chi connectivity index (χ1n) is 4.99. The largest absolute Gasteiger partial charge is 0.481 e. The molecule has 1 heterocycles. The monoisotopic (exact) mass is 209 g/mol. The molecule has 15 heavy (non-hydrogen) atoms. The lowest BCUT2D eigenvalue weighted by molar-refractivity contribution is 0.397. The van der Waals surface area contributed by atoms with E-state index in [0.29, 0.717) is 5.88 Å². The Kier molecular flexibility index (Phi) is 3.52. The molecule has 1 rings (SSSR count). The number of nitrogens with two attached hydrogens (primary N) is 1. The number of aromatic nitrogens is 1. The number of rotatable bonds is 4. The second kappa shape index (κ2) is 4.49. The SMILES string of the molecule is COc1cc(NC(C)(C)C(C)N)ccn1. The lowest BCUT2D eigenvalue weighted by atomic mass is 9.96. The van der Waals surface area contributed by atoms with E-state index in [1.807, 2.05) is 19.1 Å². The zero-order valence-electron chi connectivity index (χ0n) is 9.74. The summed E-state index contributed by atoms with van der Waals surface area (Å²) >= 11 is 0. The fourth-order valence-electron chi connectivity index (χ4n) is 1.08. The minimum absolute atomic E-state index is 0.0525. The van der Waals surface area contributed by atoms with Gasteiger partial charge < -0.3 is 15.8 Å². The van der Waals surface area contributed by atoms with Crippen LogP contribution in [0.25, 0.3) is 0 Å². The van der Waals surface area contributed by atoms with Crippen molar-refractivity contribution in [2.75, 3.05) is 12.4 Å². The third-order valence-electron chi connectivity index (χ3n) is 2.55. The Morgan fingerprint density at radius 2 is 2.20 bits per heavy atom. The molecule has 0 aromatic carbocycles. The third-order valence-corrected chi connectivity index (χ3v) is 2.55. The first-order valence-corrected chi connectivity index (χ1v) is 4.99. The Morgan fingerprint density at radius 3 is 2.73 bits per heavy atom. The highest BCUT2D eigenvalue weighted by atomic mass is 16.5. The number of pyridine rings is 1. The fraction of sp³-hybridized carbons (Fsp3) is 0.545. The number of hydrogen-bond acceptors (Lipinski definition) is 4. The van der Waals surface area contributed by atoms with E-state index in [1.54, 1.807) is 13.3 Å². The van der Waals surface area contributed by atoms with Gasteiger partial charge in [0, 0.05) is 29.5 Å². The minimum Gasteiger partial charge on any atom is -0.481 e. The molecule has 0 saturated carbocycles. The van der Waals surface area contributed by atoms with E-state index >= 15 is 0 Å². The Bertz CT molecular complexity index is 323. The molecule has 84 valence electrons. The highest BCUT2D eigenvalue weighted by molar-refractivity contribution is 5.47. The van der Waals surface area contributed by atoms with Crippen molar-refractivity contribution in [3.05, 3.63) is 18.3 Å². The van der Waals surface area contributed by atoms with E-state index in [4.69, 9.17) is 10.5 Å². The molecular formula is C11H19N3O. The van der Waals surface area contributed by atoms with Crippen molar-refractivity contribution >= 4 is 5.69 Å².